The second kappa shape index (κ2) is 9.36. The number of fused-ring (bicyclic) bond motifs is 2. The Kier molecular flexibility index (Phi) is 6.30. The second-order valence-corrected chi connectivity index (χ2v) is 11.2. The molecule has 0 unspecified atom stereocenters. The summed E-state index contributed by atoms with van der Waals surface area (Å²) in [5, 5.41) is 0. The van der Waals surface area contributed by atoms with E-state index in [1.54, 1.807) is 0 Å². The van der Waals surface area contributed by atoms with E-state index < -0.39 is 0 Å². The van der Waals surface area contributed by atoms with Crippen molar-refractivity contribution < 1.29 is 18.7 Å². The smallest absolute Gasteiger partial charge is 0.308 e. The van der Waals surface area contributed by atoms with Gasteiger partial charge in [0.05, 0.1) is 10.8 Å². The van der Waals surface area contributed by atoms with Crippen molar-refractivity contribution in [3.8, 4) is 5.75 Å². The summed E-state index contributed by atoms with van der Waals surface area (Å²) in [6.45, 7) is 10.5. The number of allylic oxidation sites excluding steroid dienone is 2. The summed E-state index contributed by atoms with van der Waals surface area (Å²) in [7, 11) is 4.23. The molecule has 0 atom stereocenters. The Balaban J connectivity index is 1.51. The van der Waals surface area contributed by atoms with E-state index in [1.807, 2.05) is 12.1 Å². The van der Waals surface area contributed by atoms with Crippen LogP contribution in [0.1, 0.15) is 56.9 Å². The molecule has 0 amide bonds. The highest BCUT2D eigenvalue weighted by Crippen LogP contribution is 2.40. The molecule has 2 aliphatic heterocycles. The molecule has 3 aromatic rings. The standard InChI is InChI=1S/C34H36N2O2/c1-23(37)38-30-19-16-24(17-20-31-33(2,3)26-12-8-10-14-28(26)35(31)6)22-25(30)18-21-32-34(4,5)27-13-9-11-15-29(27)36(32)7/h8-22H,1-7H3/q+2. The lowest BCUT2D eigenvalue weighted by molar-refractivity contribution is -0.401. The monoisotopic (exact) mass is 504 g/mol. The highest BCUT2D eigenvalue weighted by molar-refractivity contribution is 6.06. The predicted molar refractivity (Wildman–Crippen MR) is 156 cm³/mol. The largest absolute Gasteiger partial charge is 0.426 e. The Morgan fingerprint density at radius 3 is 1.71 bits per heavy atom. The van der Waals surface area contributed by atoms with Crippen LogP contribution in [-0.4, -0.2) is 40.6 Å². The van der Waals surface area contributed by atoms with E-state index in [9.17, 15) is 4.79 Å². The molecular formula is C34H36N2O2+2. The normalized spacial score (nSPS) is 17.4. The number of benzene rings is 3. The zero-order valence-electron chi connectivity index (χ0n) is 23.4. The molecular weight excluding hydrogens is 468 g/mol. The lowest BCUT2D eigenvalue weighted by Crippen LogP contribution is -2.26. The quantitative estimate of drug-likeness (QED) is 0.212. The van der Waals surface area contributed by atoms with E-state index in [-0.39, 0.29) is 16.8 Å². The Hall–Kier alpha value is -4.05. The van der Waals surface area contributed by atoms with Crippen LogP contribution in [-0.2, 0) is 15.6 Å². The maximum Gasteiger partial charge on any atom is 0.308 e. The topological polar surface area (TPSA) is 32.3 Å². The van der Waals surface area contributed by atoms with Gasteiger partial charge in [0.1, 0.15) is 19.8 Å². The number of hydrogen-bond donors (Lipinski definition) is 0. The SMILES string of the molecule is CC(=O)Oc1ccc(C=CC2=[N+](C)c3ccccc3C2(C)C)cc1C=CC1=[N+](C)c2ccccc2C1(C)C. The summed E-state index contributed by atoms with van der Waals surface area (Å²) in [5.74, 6) is 0.227. The van der Waals surface area contributed by atoms with Crippen LogP contribution in [0.3, 0.4) is 0 Å². The van der Waals surface area contributed by atoms with Gasteiger partial charge in [-0.2, -0.15) is 9.15 Å². The van der Waals surface area contributed by atoms with Crippen molar-refractivity contribution in [2.24, 2.45) is 0 Å². The fourth-order valence-corrected chi connectivity index (χ4v) is 6.00. The molecule has 5 rings (SSSR count). The molecule has 0 bridgehead atoms. The first-order valence-corrected chi connectivity index (χ1v) is 13.1. The second-order valence-electron chi connectivity index (χ2n) is 11.2. The minimum atomic E-state index is -0.330. The first-order valence-electron chi connectivity index (χ1n) is 13.1. The first kappa shape index (κ1) is 25.6. The molecule has 192 valence electrons. The number of rotatable bonds is 5. The molecule has 0 aromatic heterocycles. The third-order valence-corrected chi connectivity index (χ3v) is 8.02. The van der Waals surface area contributed by atoms with Gasteiger partial charge in [0.15, 0.2) is 11.4 Å². The minimum Gasteiger partial charge on any atom is -0.426 e. The summed E-state index contributed by atoms with van der Waals surface area (Å²) in [6, 6.07) is 23.1. The Morgan fingerprint density at radius 1 is 0.711 bits per heavy atom. The Morgan fingerprint density at radius 2 is 1.21 bits per heavy atom. The van der Waals surface area contributed by atoms with Crippen LogP contribution in [0.4, 0.5) is 11.4 Å². The molecule has 0 radical (unpaired) electrons. The Labute approximate surface area is 225 Å². The van der Waals surface area contributed by atoms with E-state index in [1.165, 1.54) is 40.8 Å². The molecule has 0 fully saturated rings. The number of carbonyl (C=O) groups excluding carboxylic acids is 1. The van der Waals surface area contributed by atoms with Crippen LogP contribution in [0.25, 0.3) is 12.2 Å². The first-order chi connectivity index (χ1) is 18.0. The van der Waals surface area contributed by atoms with Crippen LogP contribution in [0, 0.1) is 0 Å². The van der Waals surface area contributed by atoms with Crippen molar-refractivity contribution in [1.29, 1.82) is 0 Å². The number of esters is 1. The van der Waals surface area contributed by atoms with Crippen molar-refractivity contribution in [1.82, 2.24) is 0 Å². The van der Waals surface area contributed by atoms with Gasteiger partial charge in [-0.1, -0.05) is 42.5 Å². The van der Waals surface area contributed by atoms with Gasteiger partial charge in [-0.3, -0.25) is 4.79 Å². The zero-order valence-corrected chi connectivity index (χ0v) is 23.4. The Bertz CT molecular complexity index is 1580. The van der Waals surface area contributed by atoms with Gasteiger partial charge < -0.3 is 4.74 Å². The third kappa shape index (κ3) is 4.24. The summed E-state index contributed by atoms with van der Waals surface area (Å²) in [4.78, 5) is 11.8. The molecule has 0 saturated carbocycles. The molecule has 2 heterocycles. The van der Waals surface area contributed by atoms with E-state index in [4.69, 9.17) is 4.74 Å². The van der Waals surface area contributed by atoms with Gasteiger partial charge in [0, 0.05) is 47.9 Å². The van der Waals surface area contributed by atoms with E-state index in [2.05, 4.69) is 130 Å². The van der Waals surface area contributed by atoms with Crippen LogP contribution in [0.5, 0.6) is 5.75 Å². The maximum absolute atomic E-state index is 11.8. The molecule has 0 saturated heterocycles. The summed E-state index contributed by atoms with van der Waals surface area (Å²) in [5.41, 5.74) is 9.21. The fourth-order valence-electron chi connectivity index (χ4n) is 6.00. The summed E-state index contributed by atoms with van der Waals surface area (Å²) in [6.07, 6.45) is 8.55. The highest BCUT2D eigenvalue weighted by atomic mass is 16.5. The van der Waals surface area contributed by atoms with Crippen molar-refractivity contribution in [2.45, 2.75) is 45.4 Å². The van der Waals surface area contributed by atoms with Crippen LogP contribution in [0.2, 0.25) is 0 Å². The van der Waals surface area contributed by atoms with Crippen LogP contribution in [0.15, 0.2) is 78.9 Å². The fraction of sp³-hybridized carbons (Fsp3) is 0.265. The number of nitrogens with zero attached hydrogens (tertiary/aromatic N) is 2. The zero-order chi connectivity index (χ0) is 27.2. The minimum absolute atomic E-state index is 0.0907. The van der Waals surface area contributed by atoms with E-state index in [0.717, 1.165) is 11.1 Å². The van der Waals surface area contributed by atoms with Gasteiger partial charge in [-0.25, -0.2) is 0 Å². The molecule has 4 heteroatoms. The molecule has 0 spiro atoms. The van der Waals surface area contributed by atoms with E-state index >= 15 is 0 Å². The van der Waals surface area contributed by atoms with Crippen molar-refractivity contribution in [3.05, 3.63) is 101 Å². The van der Waals surface area contributed by atoms with Crippen molar-refractivity contribution >= 4 is 40.9 Å². The molecule has 0 aliphatic carbocycles. The molecule has 38 heavy (non-hydrogen) atoms. The van der Waals surface area contributed by atoms with Crippen molar-refractivity contribution in [2.75, 3.05) is 14.1 Å². The average molecular weight is 505 g/mol. The lowest BCUT2D eigenvalue weighted by atomic mass is 9.81. The van der Waals surface area contributed by atoms with Gasteiger partial charge in [-0.05, 0) is 57.5 Å². The molecule has 2 aliphatic rings. The molecule has 0 N–H and O–H groups in total. The van der Waals surface area contributed by atoms with Crippen molar-refractivity contribution in [3.63, 3.8) is 0 Å². The highest BCUT2D eigenvalue weighted by Gasteiger charge is 2.43. The van der Waals surface area contributed by atoms with Crippen LogP contribution >= 0.6 is 0 Å². The summed E-state index contributed by atoms with van der Waals surface area (Å²) < 4.78 is 10.1. The van der Waals surface area contributed by atoms with Crippen LogP contribution < -0.4 is 4.74 Å². The average Bonchev–Trinajstić information content (AvgIpc) is 3.20. The number of para-hydroxylation sites is 2. The number of hydrogen-bond acceptors (Lipinski definition) is 2. The number of carbonyl (C=O) groups is 1. The predicted octanol–water partition coefficient (Wildman–Crippen LogP) is 7.05. The van der Waals surface area contributed by atoms with Gasteiger partial charge in [0.2, 0.25) is 11.4 Å². The number of ether oxygens (including phenoxy) is 1. The van der Waals surface area contributed by atoms with Gasteiger partial charge in [0.25, 0.3) is 0 Å². The maximum atomic E-state index is 11.8. The summed E-state index contributed by atoms with van der Waals surface area (Å²) >= 11 is 0. The van der Waals surface area contributed by atoms with Gasteiger partial charge >= 0.3 is 5.97 Å². The van der Waals surface area contributed by atoms with Gasteiger partial charge in [-0.15, -0.1) is 0 Å². The lowest BCUT2D eigenvalue weighted by Gasteiger charge is -2.15. The molecule has 4 nitrogen and oxygen atoms in total. The third-order valence-electron chi connectivity index (χ3n) is 8.02. The molecule has 3 aromatic carbocycles. The van der Waals surface area contributed by atoms with E-state index in [0.29, 0.717) is 5.75 Å².